The van der Waals surface area contributed by atoms with Crippen molar-refractivity contribution in [3.63, 3.8) is 0 Å². The van der Waals surface area contributed by atoms with Crippen LogP contribution in [0.5, 0.6) is 0 Å². The highest BCUT2D eigenvalue weighted by Gasteiger charge is 1.80. The Morgan fingerprint density at radius 2 is 2.50 bits per heavy atom. The summed E-state index contributed by atoms with van der Waals surface area (Å²) in [5.74, 6) is 0. The molecule has 0 atom stereocenters. The van der Waals surface area contributed by atoms with E-state index in [-0.39, 0.29) is 1.43 Å². The number of aromatic amines is 1. The Bertz CT molecular complexity index is 232. The molecule has 1 aromatic heterocycles. The number of H-pyrrole nitrogens is 1. The highest BCUT2D eigenvalue weighted by Crippen LogP contribution is 1.97. The zero-order valence-electron chi connectivity index (χ0n) is 5.22. The van der Waals surface area contributed by atoms with Gasteiger partial charge in [-0.15, -0.1) is 0 Å². The van der Waals surface area contributed by atoms with Crippen molar-refractivity contribution < 1.29 is 1.43 Å². The fourth-order valence-electron chi connectivity index (χ4n) is 0.435. The monoisotopic (exact) mass is 127 g/mol. The molecule has 3 N–H and O–H groups in total. The van der Waals surface area contributed by atoms with Crippen LogP contribution in [0, 0.1) is 4.64 Å². The first-order valence-corrected chi connectivity index (χ1v) is 2.65. The van der Waals surface area contributed by atoms with Crippen LogP contribution >= 0.6 is 12.2 Å². The van der Waals surface area contributed by atoms with Gasteiger partial charge in [-0.1, -0.05) is 12.2 Å². The minimum Gasteiger partial charge on any atom is -0.396 e. The van der Waals surface area contributed by atoms with Crippen LogP contribution in [0.3, 0.4) is 0 Å². The van der Waals surface area contributed by atoms with Gasteiger partial charge in [-0.05, 0) is 12.1 Å². The second-order valence-electron chi connectivity index (χ2n) is 1.45. The van der Waals surface area contributed by atoms with Gasteiger partial charge in [-0.25, -0.2) is 0 Å². The maximum absolute atomic E-state index is 5.38. The molecule has 0 unspecified atom stereocenters. The van der Waals surface area contributed by atoms with E-state index >= 15 is 0 Å². The summed E-state index contributed by atoms with van der Waals surface area (Å²) in [6.07, 6.45) is 1.75. The Labute approximate surface area is 53.8 Å². The number of pyridine rings is 1. The normalized spacial score (nSPS) is 9.00. The zero-order valence-corrected chi connectivity index (χ0v) is 5.03. The number of nitrogens with two attached hydrogens (primary N) is 1. The van der Waals surface area contributed by atoms with Gasteiger partial charge in [0.15, 0.2) is 0 Å². The average Bonchev–Trinajstić information content (AvgIpc) is 1.77. The van der Waals surface area contributed by atoms with E-state index in [1.807, 2.05) is 6.07 Å². The molecule has 0 aliphatic heterocycles. The van der Waals surface area contributed by atoms with Crippen LogP contribution in [-0.2, 0) is 0 Å². The molecular weight excluding hydrogens is 120 g/mol. The lowest BCUT2D eigenvalue weighted by Gasteiger charge is -1.87. The summed E-state index contributed by atoms with van der Waals surface area (Å²) in [4.78, 5) is 2.79. The lowest BCUT2D eigenvalue weighted by atomic mass is 10.4. The van der Waals surface area contributed by atoms with Gasteiger partial charge in [0.05, 0.1) is 5.69 Å². The van der Waals surface area contributed by atoms with Crippen molar-refractivity contribution >= 4 is 17.9 Å². The number of aromatic nitrogens is 1. The Hall–Kier alpha value is -0.830. The first-order chi connectivity index (χ1) is 3.80. The van der Waals surface area contributed by atoms with Crippen LogP contribution < -0.4 is 5.73 Å². The van der Waals surface area contributed by atoms with Crippen LogP contribution in [0.4, 0.5) is 5.69 Å². The van der Waals surface area contributed by atoms with Gasteiger partial charge in [0.25, 0.3) is 0 Å². The van der Waals surface area contributed by atoms with Gasteiger partial charge in [0, 0.05) is 6.20 Å². The van der Waals surface area contributed by atoms with Gasteiger partial charge in [0.2, 0.25) is 0 Å². The molecule has 1 aromatic rings. The molecule has 0 aliphatic carbocycles. The molecule has 0 spiro atoms. The fourth-order valence-corrected chi connectivity index (χ4v) is 0.571. The van der Waals surface area contributed by atoms with Crippen LogP contribution in [-0.4, -0.2) is 4.98 Å². The molecule has 0 saturated heterocycles. The van der Waals surface area contributed by atoms with Gasteiger partial charge >= 0.3 is 1.43 Å². The third-order valence-electron chi connectivity index (χ3n) is 0.849. The summed E-state index contributed by atoms with van der Waals surface area (Å²) in [5.41, 5.74) is 6.01. The van der Waals surface area contributed by atoms with Gasteiger partial charge in [-0.3, -0.25) is 0 Å². The SMILES string of the molecule is Nc1ccc[nH]c1=S.[H+]. The molecule has 42 valence electrons. The van der Waals surface area contributed by atoms with Crippen molar-refractivity contribution in [2.75, 3.05) is 5.73 Å². The molecule has 0 aromatic carbocycles. The second kappa shape index (κ2) is 1.96. The van der Waals surface area contributed by atoms with Crippen molar-refractivity contribution in [3.8, 4) is 0 Å². The molecule has 0 bridgehead atoms. The van der Waals surface area contributed by atoms with E-state index in [4.69, 9.17) is 18.0 Å². The summed E-state index contributed by atoms with van der Waals surface area (Å²) in [7, 11) is 0. The maximum atomic E-state index is 5.38. The first-order valence-electron chi connectivity index (χ1n) is 2.24. The zero-order chi connectivity index (χ0) is 5.98. The number of nitrogen functional groups attached to an aromatic ring is 1. The molecule has 1 rings (SSSR count). The Morgan fingerprint density at radius 3 is 2.88 bits per heavy atom. The minimum absolute atomic E-state index is 0. The van der Waals surface area contributed by atoms with Gasteiger partial charge in [-0.2, -0.15) is 0 Å². The molecular formula is C5H7N2S+. The van der Waals surface area contributed by atoms with Crippen LogP contribution in [0.25, 0.3) is 0 Å². The third kappa shape index (κ3) is 0.869. The predicted octanol–water partition coefficient (Wildman–Crippen LogP) is 1.44. The molecule has 0 saturated carbocycles. The molecule has 0 fully saturated rings. The number of hydrogen-bond acceptors (Lipinski definition) is 2. The van der Waals surface area contributed by atoms with E-state index in [9.17, 15) is 0 Å². The Balaban J connectivity index is 0.000000640. The summed E-state index contributed by atoms with van der Waals surface area (Å²) in [6.45, 7) is 0. The molecule has 2 nitrogen and oxygen atoms in total. The van der Waals surface area contributed by atoms with Crippen LogP contribution in [0.2, 0.25) is 0 Å². The van der Waals surface area contributed by atoms with Gasteiger partial charge in [0.1, 0.15) is 4.64 Å². The molecule has 1 heterocycles. The topological polar surface area (TPSA) is 41.8 Å². The maximum Gasteiger partial charge on any atom is 1.00 e. The van der Waals surface area contributed by atoms with Gasteiger partial charge < -0.3 is 10.7 Å². The minimum atomic E-state index is 0. The highest BCUT2D eigenvalue weighted by atomic mass is 32.1. The van der Waals surface area contributed by atoms with Crippen molar-refractivity contribution in [2.24, 2.45) is 0 Å². The molecule has 0 aliphatic rings. The van der Waals surface area contributed by atoms with E-state index < -0.39 is 0 Å². The number of rotatable bonds is 0. The number of nitrogens with one attached hydrogen (secondary N) is 1. The summed E-state index contributed by atoms with van der Waals surface area (Å²) >= 11 is 4.77. The smallest absolute Gasteiger partial charge is 0.396 e. The summed E-state index contributed by atoms with van der Waals surface area (Å²) in [6, 6.07) is 3.57. The second-order valence-corrected chi connectivity index (χ2v) is 1.86. The largest absolute Gasteiger partial charge is 1.00 e. The van der Waals surface area contributed by atoms with Crippen LogP contribution in [0.1, 0.15) is 1.43 Å². The highest BCUT2D eigenvalue weighted by molar-refractivity contribution is 7.71. The van der Waals surface area contributed by atoms with E-state index in [1.54, 1.807) is 12.3 Å². The quantitative estimate of drug-likeness (QED) is 0.518. The van der Waals surface area contributed by atoms with E-state index in [0.29, 0.717) is 10.3 Å². The molecule has 0 amide bonds. The lowest BCUT2D eigenvalue weighted by Crippen LogP contribution is -1.85. The Kier molecular flexibility index (Phi) is 1.30. The van der Waals surface area contributed by atoms with Crippen molar-refractivity contribution in [1.82, 2.24) is 4.98 Å². The predicted molar refractivity (Wildman–Crippen MR) is 37.2 cm³/mol. The molecule has 3 heteroatoms. The first kappa shape index (κ1) is 5.31. The molecule has 0 radical (unpaired) electrons. The van der Waals surface area contributed by atoms with E-state index in [0.717, 1.165) is 0 Å². The Morgan fingerprint density at radius 1 is 1.75 bits per heavy atom. The standard InChI is InChI=1S/C5H6N2S/c6-4-2-1-3-7-5(4)8/h1-3H,6H2,(H,7,8)/p+1. The van der Waals surface area contributed by atoms with E-state index in [1.165, 1.54) is 0 Å². The van der Waals surface area contributed by atoms with Crippen molar-refractivity contribution in [3.05, 3.63) is 23.0 Å². The number of anilines is 1. The summed E-state index contributed by atoms with van der Waals surface area (Å²) < 4.78 is 0.604. The third-order valence-corrected chi connectivity index (χ3v) is 1.20. The van der Waals surface area contributed by atoms with Crippen LogP contribution in [0.15, 0.2) is 18.3 Å². The lowest BCUT2D eigenvalue weighted by molar-refractivity contribution is 1.30. The van der Waals surface area contributed by atoms with E-state index in [2.05, 4.69) is 4.98 Å². The molecule has 8 heavy (non-hydrogen) atoms. The number of hydrogen-bond donors (Lipinski definition) is 2. The average molecular weight is 127 g/mol. The fraction of sp³-hybridized carbons (Fsp3) is 0. The van der Waals surface area contributed by atoms with Crippen molar-refractivity contribution in [1.29, 1.82) is 0 Å². The summed E-state index contributed by atoms with van der Waals surface area (Å²) in [5, 5.41) is 0. The van der Waals surface area contributed by atoms with Crippen molar-refractivity contribution in [2.45, 2.75) is 0 Å².